The topological polar surface area (TPSA) is 17.1 Å². The summed E-state index contributed by atoms with van der Waals surface area (Å²) in [5.74, 6) is 1.85. The lowest BCUT2D eigenvalue weighted by atomic mass is 9.44. The normalized spacial score (nSPS) is 48.1. The molecule has 3 aliphatic rings. The molecule has 0 aromatic carbocycles. The summed E-state index contributed by atoms with van der Waals surface area (Å²) in [6, 6.07) is 0. The van der Waals surface area contributed by atoms with Crippen LogP contribution < -0.4 is 0 Å². The zero-order valence-electron chi connectivity index (χ0n) is 11.1. The first-order chi connectivity index (χ1) is 7.30. The first-order valence-electron chi connectivity index (χ1n) is 6.83. The van der Waals surface area contributed by atoms with Crippen LogP contribution in [0.1, 0.15) is 59.8 Å². The molecule has 1 heteroatoms. The Kier molecular flexibility index (Phi) is 1.85. The lowest BCUT2D eigenvalue weighted by Gasteiger charge is -2.59. The molecule has 3 fully saturated rings. The minimum Gasteiger partial charge on any atom is -0.299 e. The Bertz CT molecular complexity index is 352. The number of fused-ring (bicyclic) bond motifs is 1. The molecule has 0 radical (unpaired) electrons. The van der Waals surface area contributed by atoms with Crippen LogP contribution in [-0.2, 0) is 4.79 Å². The fourth-order valence-electron chi connectivity index (χ4n) is 5.15. The zero-order valence-corrected chi connectivity index (χ0v) is 11.1. The van der Waals surface area contributed by atoms with Crippen LogP contribution in [0.25, 0.3) is 0 Å². The predicted octanol–water partition coefficient (Wildman–Crippen LogP) is 3.82. The lowest BCUT2D eigenvalue weighted by molar-refractivity contribution is -0.156. The van der Waals surface area contributed by atoms with E-state index in [0.29, 0.717) is 22.5 Å². The van der Waals surface area contributed by atoms with Gasteiger partial charge < -0.3 is 0 Å². The van der Waals surface area contributed by atoms with Crippen LogP contribution >= 0.6 is 0 Å². The number of carbonyl (C=O) groups is 1. The summed E-state index contributed by atoms with van der Waals surface area (Å²) in [5, 5.41) is 0. The second-order valence-corrected chi connectivity index (χ2v) is 7.71. The highest BCUT2D eigenvalue weighted by Gasteiger charge is 2.67. The van der Waals surface area contributed by atoms with Crippen molar-refractivity contribution in [3.8, 4) is 0 Å². The van der Waals surface area contributed by atoms with Crippen molar-refractivity contribution < 1.29 is 4.79 Å². The molecule has 90 valence electrons. The summed E-state index contributed by atoms with van der Waals surface area (Å²) >= 11 is 0. The van der Waals surface area contributed by atoms with Crippen LogP contribution in [-0.4, -0.2) is 5.78 Å². The standard InChI is InChI=1S/C15H24O/c1-13(2)9-12(16)11-7-10-5-6-15(11,8-10)14(13,3)4/h10-11H,5-9H2,1-4H3. The van der Waals surface area contributed by atoms with E-state index in [1.165, 1.54) is 25.7 Å². The van der Waals surface area contributed by atoms with Gasteiger partial charge in [0.2, 0.25) is 0 Å². The van der Waals surface area contributed by atoms with Gasteiger partial charge in [0.15, 0.2) is 0 Å². The minimum atomic E-state index is 0.180. The van der Waals surface area contributed by atoms with Crippen molar-refractivity contribution in [2.24, 2.45) is 28.1 Å². The zero-order chi connectivity index (χ0) is 11.8. The Labute approximate surface area is 99.0 Å². The van der Waals surface area contributed by atoms with Crippen molar-refractivity contribution >= 4 is 5.78 Å². The van der Waals surface area contributed by atoms with E-state index in [4.69, 9.17) is 0 Å². The fraction of sp³-hybridized carbons (Fsp3) is 0.933. The van der Waals surface area contributed by atoms with Crippen LogP contribution in [0, 0.1) is 28.1 Å². The molecule has 1 spiro atoms. The van der Waals surface area contributed by atoms with Gasteiger partial charge in [-0.15, -0.1) is 0 Å². The first-order valence-corrected chi connectivity index (χ1v) is 6.83. The van der Waals surface area contributed by atoms with Gasteiger partial charge in [-0.2, -0.15) is 0 Å². The fourth-order valence-corrected chi connectivity index (χ4v) is 5.15. The molecule has 0 amide bonds. The molecular weight excluding hydrogens is 196 g/mol. The Hall–Kier alpha value is -0.330. The van der Waals surface area contributed by atoms with Crippen LogP contribution in [0.5, 0.6) is 0 Å². The second-order valence-electron chi connectivity index (χ2n) is 7.71. The Morgan fingerprint density at radius 1 is 1.19 bits per heavy atom. The van der Waals surface area contributed by atoms with E-state index in [0.717, 1.165) is 12.3 Å². The van der Waals surface area contributed by atoms with Gasteiger partial charge in [-0.25, -0.2) is 0 Å². The van der Waals surface area contributed by atoms with Crippen molar-refractivity contribution in [3.05, 3.63) is 0 Å². The number of hydrogen-bond donors (Lipinski definition) is 0. The molecule has 3 atom stereocenters. The van der Waals surface area contributed by atoms with Crippen LogP contribution in [0.15, 0.2) is 0 Å². The average molecular weight is 220 g/mol. The van der Waals surface area contributed by atoms with Gasteiger partial charge in [-0.05, 0) is 47.8 Å². The molecule has 3 aliphatic carbocycles. The molecule has 2 bridgehead atoms. The third-order valence-corrected chi connectivity index (χ3v) is 6.83. The highest BCUT2D eigenvalue weighted by molar-refractivity contribution is 5.84. The Morgan fingerprint density at radius 2 is 1.88 bits per heavy atom. The Balaban J connectivity index is 2.12. The molecule has 0 aliphatic heterocycles. The highest BCUT2D eigenvalue weighted by Crippen LogP contribution is 2.72. The quantitative estimate of drug-likeness (QED) is 0.606. The van der Waals surface area contributed by atoms with E-state index in [1.807, 2.05) is 0 Å². The molecule has 0 heterocycles. The van der Waals surface area contributed by atoms with Crippen LogP contribution in [0.4, 0.5) is 0 Å². The van der Waals surface area contributed by atoms with Gasteiger partial charge >= 0.3 is 0 Å². The van der Waals surface area contributed by atoms with Crippen LogP contribution in [0.2, 0.25) is 0 Å². The summed E-state index contributed by atoms with van der Waals surface area (Å²) in [4.78, 5) is 12.4. The molecule has 0 saturated heterocycles. The molecular formula is C15H24O. The van der Waals surface area contributed by atoms with Gasteiger partial charge in [0.05, 0.1) is 0 Å². The molecule has 3 saturated carbocycles. The molecule has 16 heavy (non-hydrogen) atoms. The third-order valence-electron chi connectivity index (χ3n) is 6.83. The molecule has 0 N–H and O–H groups in total. The number of rotatable bonds is 0. The molecule has 0 aromatic heterocycles. The van der Waals surface area contributed by atoms with Crippen molar-refractivity contribution in [2.75, 3.05) is 0 Å². The summed E-state index contributed by atoms with van der Waals surface area (Å²) in [7, 11) is 0. The van der Waals surface area contributed by atoms with Crippen molar-refractivity contribution in [1.82, 2.24) is 0 Å². The highest BCUT2D eigenvalue weighted by atomic mass is 16.1. The second kappa shape index (κ2) is 2.73. The van der Waals surface area contributed by atoms with E-state index < -0.39 is 0 Å². The van der Waals surface area contributed by atoms with Gasteiger partial charge in [0.25, 0.3) is 0 Å². The lowest BCUT2D eigenvalue weighted by Crippen LogP contribution is -2.56. The largest absolute Gasteiger partial charge is 0.299 e. The number of Topliss-reactive ketones (excluding diaryl/α,β-unsaturated/α-hetero) is 1. The van der Waals surface area contributed by atoms with Crippen molar-refractivity contribution in [3.63, 3.8) is 0 Å². The summed E-state index contributed by atoms with van der Waals surface area (Å²) in [5.41, 5.74) is 0.861. The maximum atomic E-state index is 12.4. The molecule has 0 aromatic rings. The maximum Gasteiger partial charge on any atom is 0.137 e. The van der Waals surface area contributed by atoms with Gasteiger partial charge in [0.1, 0.15) is 5.78 Å². The van der Waals surface area contributed by atoms with Gasteiger partial charge in [0, 0.05) is 12.3 Å². The van der Waals surface area contributed by atoms with Crippen molar-refractivity contribution in [1.29, 1.82) is 0 Å². The van der Waals surface area contributed by atoms with Gasteiger partial charge in [-0.3, -0.25) is 4.79 Å². The van der Waals surface area contributed by atoms with Gasteiger partial charge in [-0.1, -0.05) is 27.7 Å². The monoisotopic (exact) mass is 220 g/mol. The number of ketones is 1. The molecule has 3 rings (SSSR count). The number of hydrogen-bond acceptors (Lipinski definition) is 1. The smallest absolute Gasteiger partial charge is 0.137 e. The first kappa shape index (κ1) is 10.8. The summed E-state index contributed by atoms with van der Waals surface area (Å²) in [6.45, 7) is 9.48. The molecule has 1 nitrogen and oxygen atoms in total. The third kappa shape index (κ3) is 0.966. The number of carbonyl (C=O) groups excluding carboxylic acids is 1. The van der Waals surface area contributed by atoms with E-state index in [-0.39, 0.29) is 5.41 Å². The molecule has 3 unspecified atom stereocenters. The van der Waals surface area contributed by atoms with Crippen molar-refractivity contribution in [2.45, 2.75) is 59.8 Å². The van der Waals surface area contributed by atoms with E-state index in [2.05, 4.69) is 27.7 Å². The predicted molar refractivity (Wildman–Crippen MR) is 65.1 cm³/mol. The van der Waals surface area contributed by atoms with E-state index in [1.54, 1.807) is 0 Å². The average Bonchev–Trinajstić information content (AvgIpc) is 2.72. The summed E-state index contributed by atoms with van der Waals surface area (Å²) in [6.07, 6.45) is 6.03. The van der Waals surface area contributed by atoms with E-state index >= 15 is 0 Å². The minimum absolute atomic E-state index is 0.180. The summed E-state index contributed by atoms with van der Waals surface area (Å²) < 4.78 is 0. The maximum absolute atomic E-state index is 12.4. The van der Waals surface area contributed by atoms with E-state index in [9.17, 15) is 4.79 Å². The Morgan fingerprint density at radius 3 is 2.50 bits per heavy atom. The van der Waals surface area contributed by atoms with Crippen LogP contribution in [0.3, 0.4) is 0 Å². The SMILES string of the molecule is CC1(C)CC(=O)C2CC3CCC2(C3)C1(C)C.